The molecule has 0 bridgehead atoms. The fraction of sp³-hybridized carbons (Fsp3) is 0.800. The summed E-state index contributed by atoms with van der Waals surface area (Å²) in [5, 5.41) is 8.90. The van der Waals surface area contributed by atoms with Gasteiger partial charge in [-0.1, -0.05) is 6.92 Å². The molecule has 1 N–H and O–H groups in total. The zero-order chi connectivity index (χ0) is 10.9. The lowest BCUT2D eigenvalue weighted by atomic mass is 9.85. The third kappa shape index (κ3) is 2.05. The van der Waals surface area contributed by atoms with Gasteiger partial charge in [0.25, 0.3) is 0 Å². The number of piperidine rings is 1. The lowest BCUT2D eigenvalue weighted by Crippen LogP contribution is -2.50. The summed E-state index contributed by atoms with van der Waals surface area (Å²) in [4.78, 5) is 23.8. The summed E-state index contributed by atoms with van der Waals surface area (Å²) < 4.78 is 0. The third-order valence-corrected chi connectivity index (χ3v) is 3.14. The molecule has 0 spiro atoms. The minimum Gasteiger partial charge on any atom is -0.481 e. The number of carboxylic acids is 1. The maximum absolute atomic E-state index is 11.3. The highest BCUT2D eigenvalue weighted by molar-refractivity contribution is 5.76. The average Bonchev–Trinajstić information content (AvgIpc) is 2.08. The van der Waals surface area contributed by atoms with Crippen molar-refractivity contribution in [1.82, 2.24) is 4.90 Å². The molecular formula is C10H17NO3. The molecule has 0 saturated carbocycles. The van der Waals surface area contributed by atoms with Crippen molar-refractivity contribution in [3.8, 4) is 0 Å². The van der Waals surface area contributed by atoms with Gasteiger partial charge in [-0.3, -0.25) is 9.59 Å². The highest BCUT2D eigenvalue weighted by Crippen LogP contribution is 2.27. The second-order valence-corrected chi connectivity index (χ2v) is 4.16. The van der Waals surface area contributed by atoms with Crippen LogP contribution in [0, 0.1) is 11.8 Å². The number of aliphatic carboxylic acids is 1. The van der Waals surface area contributed by atoms with Crippen LogP contribution in [0.2, 0.25) is 0 Å². The van der Waals surface area contributed by atoms with Crippen LogP contribution >= 0.6 is 0 Å². The van der Waals surface area contributed by atoms with Crippen LogP contribution in [0.1, 0.15) is 27.2 Å². The van der Waals surface area contributed by atoms with Gasteiger partial charge in [-0.25, -0.2) is 0 Å². The standard InChI is InChI=1S/C10H17NO3/c1-6-4-9(10(13)14)5-11(7(6)2)8(3)12/h6-7,9H,4-5H2,1-3H3,(H,13,14)/t6-,7-,9+/m1/s1. The van der Waals surface area contributed by atoms with Gasteiger partial charge >= 0.3 is 5.97 Å². The second-order valence-electron chi connectivity index (χ2n) is 4.16. The molecule has 0 aromatic heterocycles. The number of likely N-dealkylation sites (tertiary alicyclic amines) is 1. The molecule has 1 saturated heterocycles. The summed E-state index contributed by atoms with van der Waals surface area (Å²) in [5.41, 5.74) is 0. The Bertz CT molecular complexity index is 252. The lowest BCUT2D eigenvalue weighted by molar-refractivity contribution is -0.148. The van der Waals surface area contributed by atoms with Gasteiger partial charge in [-0.2, -0.15) is 0 Å². The molecule has 14 heavy (non-hydrogen) atoms. The molecule has 1 amide bonds. The molecular weight excluding hydrogens is 182 g/mol. The topological polar surface area (TPSA) is 57.6 Å². The highest BCUT2D eigenvalue weighted by atomic mass is 16.4. The van der Waals surface area contributed by atoms with E-state index < -0.39 is 11.9 Å². The van der Waals surface area contributed by atoms with Gasteiger partial charge in [-0.15, -0.1) is 0 Å². The Kier molecular flexibility index (Phi) is 3.13. The van der Waals surface area contributed by atoms with E-state index >= 15 is 0 Å². The fourth-order valence-corrected chi connectivity index (χ4v) is 2.03. The van der Waals surface area contributed by atoms with E-state index in [2.05, 4.69) is 0 Å². The molecule has 1 heterocycles. The Morgan fingerprint density at radius 1 is 1.36 bits per heavy atom. The van der Waals surface area contributed by atoms with Crippen LogP contribution in [0.5, 0.6) is 0 Å². The smallest absolute Gasteiger partial charge is 0.308 e. The van der Waals surface area contributed by atoms with Crippen LogP contribution in [0.15, 0.2) is 0 Å². The first-order chi connectivity index (χ1) is 6.43. The van der Waals surface area contributed by atoms with E-state index in [0.29, 0.717) is 13.0 Å². The number of carbonyl (C=O) groups excluding carboxylic acids is 1. The lowest BCUT2D eigenvalue weighted by Gasteiger charge is -2.40. The Balaban J connectivity index is 2.76. The molecule has 3 atom stereocenters. The largest absolute Gasteiger partial charge is 0.481 e. The van der Waals surface area contributed by atoms with Crippen molar-refractivity contribution in [2.24, 2.45) is 11.8 Å². The minimum absolute atomic E-state index is 0.0321. The summed E-state index contributed by atoms with van der Waals surface area (Å²) in [6, 6.07) is 0.156. The zero-order valence-electron chi connectivity index (χ0n) is 8.86. The molecule has 80 valence electrons. The van der Waals surface area contributed by atoms with Crippen LogP contribution in [-0.4, -0.2) is 34.5 Å². The number of carboxylic acid groups (broad SMARTS) is 1. The maximum atomic E-state index is 11.3. The molecule has 0 aromatic rings. The van der Waals surface area contributed by atoms with Crippen LogP contribution in [0.25, 0.3) is 0 Å². The van der Waals surface area contributed by atoms with Gasteiger partial charge in [0.1, 0.15) is 0 Å². The van der Waals surface area contributed by atoms with E-state index in [1.165, 1.54) is 6.92 Å². The van der Waals surface area contributed by atoms with Crippen molar-refractivity contribution in [3.05, 3.63) is 0 Å². The zero-order valence-corrected chi connectivity index (χ0v) is 8.86. The highest BCUT2D eigenvalue weighted by Gasteiger charge is 2.35. The van der Waals surface area contributed by atoms with Crippen molar-refractivity contribution >= 4 is 11.9 Å². The molecule has 1 aliphatic rings. The monoisotopic (exact) mass is 199 g/mol. The second kappa shape index (κ2) is 3.98. The number of rotatable bonds is 1. The summed E-state index contributed by atoms with van der Waals surface area (Å²) in [6.45, 7) is 5.82. The quantitative estimate of drug-likeness (QED) is 0.684. The molecule has 0 unspecified atom stereocenters. The summed E-state index contributed by atoms with van der Waals surface area (Å²) in [5.74, 6) is -0.968. The van der Waals surface area contributed by atoms with Crippen molar-refractivity contribution in [3.63, 3.8) is 0 Å². The van der Waals surface area contributed by atoms with E-state index in [0.717, 1.165) is 0 Å². The van der Waals surface area contributed by atoms with E-state index in [1.54, 1.807) is 4.90 Å². The van der Waals surface area contributed by atoms with Crippen LogP contribution in [0.3, 0.4) is 0 Å². The Hall–Kier alpha value is -1.06. The van der Waals surface area contributed by atoms with E-state index in [1.807, 2.05) is 13.8 Å². The van der Waals surface area contributed by atoms with Gasteiger partial charge in [-0.05, 0) is 19.3 Å². The van der Waals surface area contributed by atoms with Crippen molar-refractivity contribution in [2.45, 2.75) is 33.2 Å². The average molecular weight is 199 g/mol. The SMILES string of the molecule is CC(=O)N1C[C@@H](C(=O)O)C[C@@H](C)[C@H]1C. The number of carbonyl (C=O) groups is 2. The molecule has 0 radical (unpaired) electrons. The predicted octanol–water partition coefficient (Wildman–Crippen LogP) is 0.964. The molecule has 1 aliphatic heterocycles. The maximum Gasteiger partial charge on any atom is 0.308 e. The molecule has 1 fully saturated rings. The molecule has 4 nitrogen and oxygen atoms in total. The fourth-order valence-electron chi connectivity index (χ4n) is 2.03. The first-order valence-electron chi connectivity index (χ1n) is 4.93. The van der Waals surface area contributed by atoms with Gasteiger partial charge in [0.15, 0.2) is 0 Å². The van der Waals surface area contributed by atoms with E-state index in [9.17, 15) is 9.59 Å². The van der Waals surface area contributed by atoms with Gasteiger partial charge < -0.3 is 10.0 Å². The Labute approximate surface area is 83.9 Å². The first kappa shape index (κ1) is 11.0. The normalized spacial score (nSPS) is 32.8. The molecule has 0 aromatic carbocycles. The van der Waals surface area contributed by atoms with Gasteiger partial charge in [0, 0.05) is 19.5 Å². The van der Waals surface area contributed by atoms with Crippen molar-refractivity contribution < 1.29 is 14.7 Å². The third-order valence-electron chi connectivity index (χ3n) is 3.14. The summed E-state index contributed by atoms with van der Waals surface area (Å²) in [7, 11) is 0. The van der Waals surface area contributed by atoms with Crippen molar-refractivity contribution in [2.75, 3.05) is 6.54 Å². The summed E-state index contributed by atoms with van der Waals surface area (Å²) >= 11 is 0. The first-order valence-corrected chi connectivity index (χ1v) is 4.93. The van der Waals surface area contributed by atoms with Gasteiger partial charge in [0.05, 0.1) is 5.92 Å². The molecule has 0 aliphatic carbocycles. The Morgan fingerprint density at radius 2 is 1.93 bits per heavy atom. The number of nitrogens with zero attached hydrogens (tertiary/aromatic N) is 1. The number of hydrogen-bond acceptors (Lipinski definition) is 2. The number of amides is 1. The van der Waals surface area contributed by atoms with E-state index in [-0.39, 0.29) is 17.9 Å². The minimum atomic E-state index is -0.796. The van der Waals surface area contributed by atoms with Crippen LogP contribution < -0.4 is 0 Å². The predicted molar refractivity (Wildman–Crippen MR) is 51.8 cm³/mol. The number of hydrogen-bond donors (Lipinski definition) is 1. The summed E-state index contributed by atoms with van der Waals surface area (Å²) in [6.07, 6.45) is 0.667. The van der Waals surface area contributed by atoms with E-state index in [4.69, 9.17) is 5.11 Å². The molecule has 1 rings (SSSR count). The van der Waals surface area contributed by atoms with Crippen LogP contribution in [0.4, 0.5) is 0 Å². The van der Waals surface area contributed by atoms with Crippen molar-refractivity contribution in [1.29, 1.82) is 0 Å². The Morgan fingerprint density at radius 3 is 2.36 bits per heavy atom. The van der Waals surface area contributed by atoms with Crippen LogP contribution in [-0.2, 0) is 9.59 Å². The molecule has 4 heteroatoms. The van der Waals surface area contributed by atoms with Gasteiger partial charge in [0.2, 0.25) is 5.91 Å².